The molecule has 2 aliphatic rings. The largest absolute Gasteiger partial charge is 0.469 e. The summed E-state index contributed by atoms with van der Waals surface area (Å²) in [7, 11) is 0. The molecule has 0 saturated carbocycles. The number of halogens is 1. The van der Waals surface area contributed by atoms with Crippen molar-refractivity contribution >= 4 is 92.5 Å². The molecule has 15 nitrogen and oxygen atoms in total. The zero-order valence-electron chi connectivity index (χ0n) is 39.1. The third-order valence-electron chi connectivity index (χ3n) is 11.3. The Balaban J connectivity index is 1.16. The Labute approximate surface area is 434 Å². The van der Waals surface area contributed by atoms with Crippen LogP contribution >= 0.6 is 46.9 Å². The molecule has 1 aromatic heterocycles. The summed E-state index contributed by atoms with van der Waals surface area (Å²) < 4.78 is 12.1. The lowest BCUT2D eigenvalue weighted by Crippen LogP contribution is -2.71. The molecule has 1 fully saturated rings. The summed E-state index contributed by atoms with van der Waals surface area (Å²) in [6.45, 7) is 5.14. The highest BCUT2D eigenvalue weighted by Gasteiger charge is 2.54. The molecule has 2 aliphatic heterocycles. The molecule has 1 unspecified atom stereocenters. The van der Waals surface area contributed by atoms with Crippen molar-refractivity contribution in [3.63, 3.8) is 0 Å². The molecular formula is C53H48ClN7O8S3. The van der Waals surface area contributed by atoms with Crippen molar-refractivity contribution in [3.8, 4) is 0 Å². The summed E-state index contributed by atoms with van der Waals surface area (Å²) in [5.41, 5.74) is 6.97. The number of carbonyl (C=O) groups is 5. The quantitative estimate of drug-likeness (QED) is 0.0180. The van der Waals surface area contributed by atoms with Gasteiger partial charge in [-0.05, 0) is 56.1 Å². The van der Waals surface area contributed by atoms with E-state index in [1.807, 2.05) is 152 Å². The van der Waals surface area contributed by atoms with Crippen molar-refractivity contribution in [2.75, 3.05) is 17.6 Å². The summed E-state index contributed by atoms with van der Waals surface area (Å²) >= 11 is 15.2. The maximum atomic E-state index is 15.0. The summed E-state index contributed by atoms with van der Waals surface area (Å²) in [5, 5.41) is 11.9. The van der Waals surface area contributed by atoms with Crippen LogP contribution in [0.4, 0.5) is 9.93 Å². The Kier molecular flexibility index (Phi) is 15.8. The predicted octanol–water partition coefficient (Wildman–Crippen LogP) is 8.64. The fourth-order valence-electron chi connectivity index (χ4n) is 8.11. The van der Waals surface area contributed by atoms with Gasteiger partial charge in [-0.3, -0.25) is 29.4 Å². The molecule has 5 aromatic carbocycles. The minimum atomic E-state index is -1.45. The van der Waals surface area contributed by atoms with Crippen LogP contribution < -0.4 is 21.7 Å². The van der Waals surface area contributed by atoms with Gasteiger partial charge in [0, 0.05) is 29.0 Å². The molecule has 0 bridgehead atoms. The van der Waals surface area contributed by atoms with E-state index in [-0.39, 0.29) is 33.2 Å². The number of thiazole rings is 1. The third-order valence-corrected chi connectivity index (χ3v) is 14.1. The number of hydrogen-bond acceptors (Lipinski definition) is 13. The van der Waals surface area contributed by atoms with Crippen LogP contribution in [0.25, 0.3) is 0 Å². The maximum absolute atomic E-state index is 15.0. The van der Waals surface area contributed by atoms with Crippen LogP contribution in [0.3, 0.4) is 0 Å². The lowest BCUT2D eigenvalue weighted by atomic mass is 9.80. The van der Waals surface area contributed by atoms with Crippen molar-refractivity contribution in [3.05, 3.63) is 201 Å². The molecule has 0 radical (unpaired) electrons. The number of nitrogens with two attached hydrogens (primary N) is 1. The number of rotatable bonds is 16. The zero-order valence-corrected chi connectivity index (χ0v) is 42.3. The van der Waals surface area contributed by atoms with Gasteiger partial charge in [0.15, 0.2) is 10.8 Å². The SMILES string of the molecule is CC(C)(C)OC(=O)Nc1nc(/C(=N/OC(c2ccccc2)(c2ccccc2)c2ccccc2)C(=O)NC2C(=O)N3C(C(=S)OC(c4ccccc4)c4ccccc4)=C(CCNC(=O)C(N)=O)CS[C@H]23)c(Cl)s1. The molecule has 5 amide bonds. The number of fused-ring (bicyclic) bond motifs is 1. The van der Waals surface area contributed by atoms with Crippen LogP contribution in [-0.2, 0) is 39.1 Å². The van der Waals surface area contributed by atoms with E-state index in [1.165, 1.54) is 16.7 Å². The first-order chi connectivity index (χ1) is 34.6. The second-order valence-corrected chi connectivity index (χ2v) is 20.4. The highest BCUT2D eigenvalue weighted by molar-refractivity contribution is 8.00. The smallest absolute Gasteiger partial charge is 0.413 e. The van der Waals surface area contributed by atoms with E-state index in [0.717, 1.165) is 22.5 Å². The van der Waals surface area contributed by atoms with Gasteiger partial charge in [0.1, 0.15) is 33.2 Å². The number of nitrogens with zero attached hydrogens (tertiary/aromatic N) is 3. The molecule has 0 aliphatic carbocycles. The number of ether oxygens (including phenoxy) is 2. The number of amides is 5. The highest BCUT2D eigenvalue weighted by atomic mass is 35.5. The summed E-state index contributed by atoms with van der Waals surface area (Å²) in [6, 6.07) is 45.9. The molecule has 368 valence electrons. The second kappa shape index (κ2) is 22.4. The number of carbonyl (C=O) groups excluding carboxylic acids is 5. The Morgan fingerprint density at radius 1 is 0.819 bits per heavy atom. The number of nitrogens with one attached hydrogen (secondary N) is 3. The fraction of sp³-hybridized carbons (Fsp3) is 0.208. The van der Waals surface area contributed by atoms with Crippen molar-refractivity contribution in [2.24, 2.45) is 10.9 Å². The van der Waals surface area contributed by atoms with E-state index < -0.39 is 64.2 Å². The van der Waals surface area contributed by atoms with Crippen LogP contribution in [0, 0.1) is 0 Å². The number of thioether (sulfide) groups is 1. The molecule has 5 N–H and O–H groups in total. The Hall–Kier alpha value is -7.38. The highest BCUT2D eigenvalue weighted by Crippen LogP contribution is 2.44. The molecular weight excluding hydrogens is 994 g/mol. The van der Waals surface area contributed by atoms with Crippen molar-refractivity contribution in [1.82, 2.24) is 20.5 Å². The summed E-state index contributed by atoms with van der Waals surface area (Å²) in [6.07, 6.45) is -1.29. The molecule has 6 aromatic rings. The van der Waals surface area contributed by atoms with E-state index in [9.17, 15) is 19.2 Å². The Bertz CT molecular complexity index is 2890. The number of aromatic nitrogens is 1. The standard InChI is InChI=1S/C53H48ClN7O8S3/c1-52(2,3)68-51(66)59-50-58-38(43(54)72-50)39(60-69-53(35-23-13-6-14-24-35,36-25-15-7-16-26-36)37-27-17-8-18-28-37)45(63)57-40-47(65)61-41(34(31-71-48(40)61)29-30-56-46(64)44(55)62)49(70)67-42(32-19-9-4-10-20-32)33-21-11-5-12-22-33/h4-28,40,42,48H,29-31H2,1-3H3,(H2,55,62)(H,56,64)(H,57,63)(H,58,59,66)/b60-39-/t40?,48-/m1/s1. The molecule has 0 spiro atoms. The first-order valence-corrected chi connectivity index (χ1v) is 25.2. The molecule has 8 rings (SSSR count). The van der Waals surface area contributed by atoms with Gasteiger partial charge in [-0.25, -0.2) is 9.78 Å². The molecule has 1 saturated heterocycles. The minimum absolute atomic E-state index is 0.00126. The van der Waals surface area contributed by atoms with Crippen LogP contribution in [-0.4, -0.2) is 79.7 Å². The average Bonchev–Trinajstić information content (AvgIpc) is 3.74. The number of hydrogen-bond donors (Lipinski definition) is 4. The number of primary amides is 1. The van der Waals surface area contributed by atoms with Gasteiger partial charge >= 0.3 is 17.9 Å². The van der Waals surface area contributed by atoms with Crippen LogP contribution in [0.2, 0.25) is 4.34 Å². The summed E-state index contributed by atoms with van der Waals surface area (Å²) in [5.74, 6) is -3.20. The molecule has 2 atom stereocenters. The Morgan fingerprint density at radius 3 is 1.83 bits per heavy atom. The fourth-order valence-corrected chi connectivity index (χ4v) is 10.9. The van der Waals surface area contributed by atoms with Crippen molar-refractivity contribution in [2.45, 2.75) is 55.9 Å². The molecule has 19 heteroatoms. The minimum Gasteiger partial charge on any atom is -0.469 e. The zero-order chi connectivity index (χ0) is 51.0. The van der Waals surface area contributed by atoms with Crippen molar-refractivity contribution in [1.29, 1.82) is 0 Å². The van der Waals surface area contributed by atoms with Crippen LogP contribution in [0.5, 0.6) is 0 Å². The van der Waals surface area contributed by atoms with Gasteiger partial charge in [-0.2, -0.15) is 0 Å². The van der Waals surface area contributed by atoms with Gasteiger partial charge in [-0.1, -0.05) is 180 Å². The van der Waals surface area contributed by atoms with Gasteiger partial charge in [0.2, 0.25) is 10.7 Å². The van der Waals surface area contributed by atoms with E-state index in [2.05, 4.69) is 26.1 Å². The second-order valence-electron chi connectivity index (χ2n) is 17.4. The van der Waals surface area contributed by atoms with E-state index in [0.29, 0.717) is 33.7 Å². The van der Waals surface area contributed by atoms with Crippen LogP contribution in [0.1, 0.15) is 66.8 Å². The molecule has 3 heterocycles. The van der Waals surface area contributed by atoms with Gasteiger partial charge in [0.25, 0.3) is 11.8 Å². The third kappa shape index (κ3) is 11.4. The first-order valence-electron chi connectivity index (χ1n) is 22.6. The van der Waals surface area contributed by atoms with E-state index in [1.54, 1.807) is 20.8 Å². The molecule has 72 heavy (non-hydrogen) atoms. The summed E-state index contributed by atoms with van der Waals surface area (Å²) in [4.78, 5) is 79.1. The van der Waals surface area contributed by atoms with Gasteiger partial charge in [-0.15, -0.1) is 11.8 Å². The van der Waals surface area contributed by atoms with Crippen molar-refractivity contribution < 1.29 is 38.3 Å². The van der Waals surface area contributed by atoms with Gasteiger partial charge < -0.3 is 30.7 Å². The normalized spacial score (nSPS) is 15.7. The first kappa shape index (κ1) is 51.0. The Morgan fingerprint density at radius 2 is 1.33 bits per heavy atom. The average molecular weight is 1040 g/mol. The number of anilines is 1. The predicted molar refractivity (Wildman–Crippen MR) is 281 cm³/mol. The monoisotopic (exact) mass is 1040 g/mol. The lowest BCUT2D eigenvalue weighted by Gasteiger charge is -2.50. The number of benzene rings is 5. The van der Waals surface area contributed by atoms with Crippen LogP contribution in [0.15, 0.2) is 168 Å². The topological polar surface area (TPSA) is 204 Å². The number of β-lactam (4-membered cyclic amide) rings is 1. The lowest BCUT2D eigenvalue weighted by molar-refractivity contribution is -0.144. The van der Waals surface area contributed by atoms with E-state index >= 15 is 4.79 Å². The van der Waals surface area contributed by atoms with E-state index in [4.69, 9.17) is 43.9 Å². The maximum Gasteiger partial charge on any atom is 0.413 e. The van der Waals surface area contributed by atoms with Gasteiger partial charge in [0.05, 0.1) is 5.70 Å². The number of thiocarbonyl (C=S) groups is 1. The number of oxime groups is 1.